The van der Waals surface area contributed by atoms with Crippen molar-refractivity contribution in [3.05, 3.63) is 63.7 Å². The summed E-state index contributed by atoms with van der Waals surface area (Å²) in [5.74, 6) is 1.48. The van der Waals surface area contributed by atoms with E-state index in [-0.39, 0.29) is 11.7 Å². The van der Waals surface area contributed by atoms with E-state index in [0.717, 1.165) is 24.8 Å². The lowest BCUT2D eigenvalue weighted by atomic mass is 9.91. The van der Waals surface area contributed by atoms with E-state index in [2.05, 4.69) is 31.2 Å². The highest BCUT2D eigenvalue weighted by atomic mass is 16.4. The fourth-order valence-electron chi connectivity index (χ4n) is 2.75. The fraction of sp³-hybridized carbons (Fsp3) is 0.389. The number of rotatable bonds is 5. The summed E-state index contributed by atoms with van der Waals surface area (Å²) < 4.78 is 5.33. The van der Waals surface area contributed by atoms with Crippen molar-refractivity contribution in [2.24, 2.45) is 5.92 Å². The van der Waals surface area contributed by atoms with Crippen LogP contribution < -0.4 is 5.63 Å². The third kappa shape index (κ3) is 3.75. The van der Waals surface area contributed by atoms with Crippen LogP contribution in [-0.4, -0.2) is 5.11 Å². The molecule has 0 saturated heterocycles. The Bertz CT molecular complexity index is 666. The topological polar surface area (TPSA) is 50.4 Å². The predicted octanol–water partition coefficient (Wildman–Crippen LogP) is 3.78. The zero-order valence-corrected chi connectivity index (χ0v) is 12.2. The van der Waals surface area contributed by atoms with Crippen molar-refractivity contribution in [3.63, 3.8) is 0 Å². The first-order chi connectivity index (χ1) is 10.1. The van der Waals surface area contributed by atoms with E-state index in [0.29, 0.717) is 5.76 Å². The summed E-state index contributed by atoms with van der Waals surface area (Å²) in [6, 6.07) is 11.1. The lowest BCUT2D eigenvalue weighted by Crippen LogP contribution is -2.08. The molecule has 1 aromatic carbocycles. The molecule has 1 unspecified atom stereocenters. The maximum atomic E-state index is 11.5. The Hall–Kier alpha value is -2.03. The molecule has 0 amide bonds. The Morgan fingerprint density at radius 1 is 1.24 bits per heavy atom. The summed E-state index contributed by atoms with van der Waals surface area (Å²) >= 11 is 0. The van der Waals surface area contributed by atoms with Crippen LogP contribution in [0.2, 0.25) is 0 Å². The Morgan fingerprint density at radius 3 is 2.57 bits per heavy atom. The molecule has 1 saturated carbocycles. The third-order valence-corrected chi connectivity index (χ3v) is 4.09. The van der Waals surface area contributed by atoms with Crippen molar-refractivity contribution in [3.8, 4) is 5.75 Å². The van der Waals surface area contributed by atoms with E-state index in [4.69, 9.17) is 4.42 Å². The van der Waals surface area contributed by atoms with Gasteiger partial charge < -0.3 is 9.52 Å². The summed E-state index contributed by atoms with van der Waals surface area (Å²) in [5, 5.41) is 9.64. The number of benzene rings is 1. The number of aryl methyl sites for hydroxylation is 1. The smallest absolute Gasteiger partial charge is 0.339 e. The van der Waals surface area contributed by atoms with E-state index in [1.165, 1.54) is 24.0 Å². The Labute approximate surface area is 124 Å². The van der Waals surface area contributed by atoms with Crippen LogP contribution in [0.3, 0.4) is 0 Å². The van der Waals surface area contributed by atoms with Crippen molar-refractivity contribution in [2.75, 3.05) is 0 Å². The molecule has 1 atom stereocenters. The van der Waals surface area contributed by atoms with E-state index >= 15 is 0 Å². The Balaban J connectivity index is 1.85. The zero-order chi connectivity index (χ0) is 14.8. The Morgan fingerprint density at radius 2 is 1.95 bits per heavy atom. The zero-order valence-electron chi connectivity index (χ0n) is 12.2. The maximum absolute atomic E-state index is 11.5. The second kappa shape index (κ2) is 5.76. The molecule has 0 spiro atoms. The van der Waals surface area contributed by atoms with Crippen LogP contribution >= 0.6 is 0 Å². The molecule has 3 rings (SSSR count). The van der Waals surface area contributed by atoms with Gasteiger partial charge in [0.05, 0.1) is 6.07 Å². The fourth-order valence-corrected chi connectivity index (χ4v) is 2.75. The molecule has 1 fully saturated rings. The molecule has 3 heteroatoms. The molecule has 1 aromatic heterocycles. The van der Waals surface area contributed by atoms with Crippen LogP contribution in [-0.2, 0) is 6.42 Å². The largest absolute Gasteiger partial charge is 0.508 e. The highest BCUT2D eigenvalue weighted by Crippen LogP contribution is 2.40. The molecule has 1 aliphatic carbocycles. The molecule has 2 aromatic rings. The average Bonchev–Trinajstić information content (AvgIpc) is 3.23. The summed E-state index contributed by atoms with van der Waals surface area (Å²) in [6.45, 7) is 2.07. The molecule has 0 bridgehead atoms. The van der Waals surface area contributed by atoms with Gasteiger partial charge in [-0.15, -0.1) is 0 Å². The summed E-state index contributed by atoms with van der Waals surface area (Å²) in [6.07, 6.45) is 4.37. The Kier molecular flexibility index (Phi) is 3.82. The molecule has 1 heterocycles. The van der Waals surface area contributed by atoms with E-state index in [1.807, 2.05) is 0 Å². The first kappa shape index (κ1) is 13.9. The summed E-state index contributed by atoms with van der Waals surface area (Å²) in [7, 11) is 0. The minimum Gasteiger partial charge on any atom is -0.508 e. The molecular formula is C18H20O3. The monoisotopic (exact) mass is 284 g/mol. The second-order valence-electron chi connectivity index (χ2n) is 6.10. The van der Waals surface area contributed by atoms with Crippen molar-refractivity contribution in [2.45, 2.75) is 38.5 Å². The van der Waals surface area contributed by atoms with Gasteiger partial charge in [-0.05, 0) is 31.2 Å². The van der Waals surface area contributed by atoms with Gasteiger partial charge >= 0.3 is 5.63 Å². The molecule has 3 nitrogen and oxygen atoms in total. The molecular weight excluding hydrogens is 264 g/mol. The highest BCUT2D eigenvalue weighted by Gasteiger charge is 2.28. The average molecular weight is 284 g/mol. The van der Waals surface area contributed by atoms with Gasteiger partial charge in [0, 0.05) is 12.0 Å². The van der Waals surface area contributed by atoms with Gasteiger partial charge in [-0.25, -0.2) is 4.79 Å². The minimum absolute atomic E-state index is 0.00838. The van der Waals surface area contributed by atoms with Gasteiger partial charge in [-0.1, -0.05) is 42.7 Å². The van der Waals surface area contributed by atoms with E-state index < -0.39 is 5.63 Å². The maximum Gasteiger partial charge on any atom is 0.339 e. The number of hydrogen-bond acceptors (Lipinski definition) is 3. The minimum atomic E-state index is -0.477. The summed E-state index contributed by atoms with van der Waals surface area (Å²) in [5.41, 5.74) is 1.99. The van der Waals surface area contributed by atoms with Crippen LogP contribution in [0.15, 0.2) is 45.6 Å². The van der Waals surface area contributed by atoms with Gasteiger partial charge in [0.15, 0.2) is 0 Å². The second-order valence-corrected chi connectivity index (χ2v) is 6.10. The van der Waals surface area contributed by atoms with Crippen molar-refractivity contribution < 1.29 is 9.52 Å². The highest BCUT2D eigenvalue weighted by molar-refractivity contribution is 5.26. The standard InChI is InChI=1S/C18H20O3/c1-12-2-4-13(5-3-12)8-15(9-14-6-7-14)17-10-16(19)11-18(20)21-17/h2-5,10-11,14-15,19H,6-9H2,1H3. The SMILES string of the molecule is Cc1ccc(CC(CC2CC2)c2cc(O)cc(=O)o2)cc1. The van der Waals surface area contributed by atoms with Crippen LogP contribution in [0, 0.1) is 12.8 Å². The van der Waals surface area contributed by atoms with Crippen LogP contribution in [0.1, 0.15) is 42.1 Å². The van der Waals surface area contributed by atoms with Crippen LogP contribution in [0.5, 0.6) is 5.75 Å². The number of aromatic hydroxyl groups is 1. The lowest BCUT2D eigenvalue weighted by Gasteiger charge is -2.16. The van der Waals surface area contributed by atoms with Gasteiger partial charge in [0.1, 0.15) is 11.5 Å². The first-order valence-corrected chi connectivity index (χ1v) is 7.50. The summed E-state index contributed by atoms with van der Waals surface area (Å²) in [4.78, 5) is 11.5. The van der Waals surface area contributed by atoms with Crippen molar-refractivity contribution in [1.29, 1.82) is 0 Å². The van der Waals surface area contributed by atoms with Gasteiger partial charge in [0.25, 0.3) is 0 Å². The van der Waals surface area contributed by atoms with Crippen molar-refractivity contribution in [1.82, 2.24) is 0 Å². The van der Waals surface area contributed by atoms with Gasteiger partial charge in [-0.3, -0.25) is 0 Å². The first-order valence-electron chi connectivity index (χ1n) is 7.50. The van der Waals surface area contributed by atoms with Gasteiger partial charge in [-0.2, -0.15) is 0 Å². The number of hydrogen-bond donors (Lipinski definition) is 1. The molecule has 1 N–H and O–H groups in total. The molecule has 0 radical (unpaired) electrons. The van der Waals surface area contributed by atoms with Crippen LogP contribution in [0.25, 0.3) is 0 Å². The van der Waals surface area contributed by atoms with E-state index in [1.54, 1.807) is 6.07 Å². The van der Waals surface area contributed by atoms with Crippen molar-refractivity contribution >= 4 is 0 Å². The third-order valence-electron chi connectivity index (χ3n) is 4.09. The van der Waals surface area contributed by atoms with Gasteiger partial charge in [0.2, 0.25) is 0 Å². The normalized spacial score (nSPS) is 15.9. The predicted molar refractivity (Wildman–Crippen MR) is 81.6 cm³/mol. The molecule has 0 aliphatic heterocycles. The molecule has 21 heavy (non-hydrogen) atoms. The quantitative estimate of drug-likeness (QED) is 0.909. The molecule has 1 aliphatic rings. The van der Waals surface area contributed by atoms with Crippen LogP contribution in [0.4, 0.5) is 0 Å². The van der Waals surface area contributed by atoms with E-state index in [9.17, 15) is 9.90 Å². The lowest BCUT2D eigenvalue weighted by molar-refractivity contribution is 0.383. The molecule has 110 valence electrons.